The molecule has 4 nitrogen and oxygen atoms in total. The summed E-state index contributed by atoms with van der Waals surface area (Å²) in [6.45, 7) is 0. The quantitative estimate of drug-likeness (QED) is 0.488. The van der Waals surface area contributed by atoms with E-state index in [2.05, 4.69) is 5.10 Å². The Morgan fingerprint density at radius 1 is 1.73 bits per heavy atom. The minimum absolute atomic E-state index is 0.118. The Morgan fingerprint density at radius 2 is 2.55 bits per heavy atom. The second kappa shape index (κ2) is 2.08. The van der Waals surface area contributed by atoms with E-state index in [0.717, 1.165) is 0 Å². The first-order valence-electron chi connectivity index (χ1n) is 3.53. The van der Waals surface area contributed by atoms with Gasteiger partial charge in [0.05, 0.1) is 6.42 Å². The molecule has 0 aliphatic carbocycles. The second-order valence-corrected chi connectivity index (χ2v) is 2.74. The van der Waals surface area contributed by atoms with Crippen LogP contribution < -0.4 is 0 Å². The standard InChI is InChI=1S/C7H9N3O/c1-9-5-8-10-3-2-6(11)4-7(9)10/h2-3,5,7H,4H2,1H3. The van der Waals surface area contributed by atoms with Crippen molar-refractivity contribution in [2.24, 2.45) is 5.10 Å². The highest BCUT2D eigenvalue weighted by Gasteiger charge is 2.28. The van der Waals surface area contributed by atoms with Crippen molar-refractivity contribution >= 4 is 12.1 Å². The molecule has 1 atom stereocenters. The van der Waals surface area contributed by atoms with Gasteiger partial charge in [0.1, 0.15) is 12.5 Å². The number of hydrogen-bond donors (Lipinski definition) is 0. The molecule has 0 N–H and O–H groups in total. The number of carbonyl (C=O) groups is 1. The van der Waals surface area contributed by atoms with Crippen LogP contribution in [-0.2, 0) is 4.79 Å². The van der Waals surface area contributed by atoms with Crippen LogP contribution in [0.2, 0.25) is 0 Å². The number of allylic oxidation sites excluding steroid dienone is 1. The number of fused-ring (bicyclic) bond motifs is 1. The van der Waals surface area contributed by atoms with E-state index in [1.807, 2.05) is 11.9 Å². The molecular weight excluding hydrogens is 142 g/mol. The summed E-state index contributed by atoms with van der Waals surface area (Å²) in [5.41, 5.74) is 0. The second-order valence-electron chi connectivity index (χ2n) is 2.74. The van der Waals surface area contributed by atoms with E-state index in [-0.39, 0.29) is 11.9 Å². The predicted molar refractivity (Wildman–Crippen MR) is 40.6 cm³/mol. The molecule has 2 aliphatic heterocycles. The molecule has 0 saturated carbocycles. The number of carbonyl (C=O) groups excluding carboxylic acids is 1. The largest absolute Gasteiger partial charge is 0.342 e. The van der Waals surface area contributed by atoms with Crippen molar-refractivity contribution in [3.8, 4) is 0 Å². The average Bonchev–Trinajstić information content (AvgIpc) is 2.33. The smallest absolute Gasteiger partial charge is 0.161 e. The van der Waals surface area contributed by atoms with Crippen LogP contribution in [0.25, 0.3) is 0 Å². The van der Waals surface area contributed by atoms with Crippen molar-refractivity contribution in [1.29, 1.82) is 0 Å². The van der Waals surface area contributed by atoms with E-state index in [1.165, 1.54) is 0 Å². The summed E-state index contributed by atoms with van der Waals surface area (Å²) < 4.78 is 0. The number of hydrazone groups is 1. The van der Waals surface area contributed by atoms with Gasteiger partial charge in [0, 0.05) is 13.2 Å². The fraction of sp³-hybridized carbons (Fsp3) is 0.429. The molecule has 2 aliphatic rings. The van der Waals surface area contributed by atoms with E-state index in [9.17, 15) is 4.79 Å². The first-order chi connectivity index (χ1) is 5.27. The summed E-state index contributed by atoms with van der Waals surface area (Å²) in [5, 5.41) is 5.86. The van der Waals surface area contributed by atoms with Crippen LogP contribution in [0, 0.1) is 0 Å². The zero-order chi connectivity index (χ0) is 7.84. The maximum Gasteiger partial charge on any atom is 0.161 e. The molecule has 11 heavy (non-hydrogen) atoms. The van der Waals surface area contributed by atoms with Crippen LogP contribution in [0.1, 0.15) is 6.42 Å². The van der Waals surface area contributed by atoms with Crippen molar-refractivity contribution in [2.75, 3.05) is 7.05 Å². The highest BCUT2D eigenvalue weighted by atomic mass is 16.1. The van der Waals surface area contributed by atoms with Gasteiger partial charge in [-0.3, -0.25) is 4.79 Å². The number of rotatable bonds is 0. The van der Waals surface area contributed by atoms with Gasteiger partial charge in [-0.05, 0) is 6.08 Å². The molecule has 0 radical (unpaired) electrons. The molecule has 1 unspecified atom stereocenters. The molecule has 58 valence electrons. The van der Waals surface area contributed by atoms with Gasteiger partial charge in [-0.15, -0.1) is 0 Å². The van der Waals surface area contributed by atoms with Crippen molar-refractivity contribution in [3.05, 3.63) is 12.3 Å². The monoisotopic (exact) mass is 151 g/mol. The van der Waals surface area contributed by atoms with Gasteiger partial charge in [-0.1, -0.05) is 0 Å². The van der Waals surface area contributed by atoms with E-state index in [4.69, 9.17) is 0 Å². The minimum Gasteiger partial charge on any atom is -0.342 e. The van der Waals surface area contributed by atoms with Crippen LogP contribution in [-0.4, -0.2) is 35.2 Å². The van der Waals surface area contributed by atoms with Crippen molar-refractivity contribution in [2.45, 2.75) is 12.6 Å². The zero-order valence-electron chi connectivity index (χ0n) is 6.27. The molecule has 4 heteroatoms. The van der Waals surface area contributed by atoms with Gasteiger partial charge in [-0.2, -0.15) is 5.10 Å². The number of ketones is 1. The highest BCUT2D eigenvalue weighted by Crippen LogP contribution is 2.18. The molecule has 2 rings (SSSR count). The normalized spacial score (nSPS) is 28.1. The maximum atomic E-state index is 11.0. The Balaban J connectivity index is 2.23. The average molecular weight is 151 g/mol. The Hall–Kier alpha value is -1.32. The lowest BCUT2D eigenvalue weighted by Gasteiger charge is -2.26. The Bertz CT molecular complexity index is 246. The van der Waals surface area contributed by atoms with Gasteiger partial charge in [0.25, 0.3) is 0 Å². The van der Waals surface area contributed by atoms with Crippen LogP contribution in [0.15, 0.2) is 17.4 Å². The third-order valence-electron chi connectivity index (χ3n) is 1.94. The SMILES string of the molecule is CN1C=NN2C=CC(=O)CC12. The zero-order valence-corrected chi connectivity index (χ0v) is 6.27. The van der Waals surface area contributed by atoms with Crippen molar-refractivity contribution in [3.63, 3.8) is 0 Å². The van der Waals surface area contributed by atoms with Crippen molar-refractivity contribution in [1.82, 2.24) is 9.91 Å². The predicted octanol–water partition coefficient (Wildman–Crippen LogP) is -0.0103. The highest BCUT2D eigenvalue weighted by molar-refractivity contribution is 5.91. The van der Waals surface area contributed by atoms with E-state index < -0.39 is 0 Å². The summed E-state index contributed by atoms with van der Waals surface area (Å²) in [6, 6.07) is 0. The lowest BCUT2D eigenvalue weighted by molar-refractivity contribution is -0.117. The molecule has 0 aromatic carbocycles. The fourth-order valence-corrected chi connectivity index (χ4v) is 1.26. The minimum atomic E-state index is 0.118. The molecule has 2 heterocycles. The van der Waals surface area contributed by atoms with Crippen molar-refractivity contribution < 1.29 is 4.79 Å². The maximum absolute atomic E-state index is 11.0. The third-order valence-corrected chi connectivity index (χ3v) is 1.94. The van der Waals surface area contributed by atoms with E-state index >= 15 is 0 Å². The van der Waals surface area contributed by atoms with Gasteiger partial charge in [0.2, 0.25) is 0 Å². The summed E-state index contributed by atoms with van der Waals surface area (Å²) in [7, 11) is 1.92. The topological polar surface area (TPSA) is 35.9 Å². The van der Waals surface area contributed by atoms with Crippen LogP contribution in [0.4, 0.5) is 0 Å². The Kier molecular flexibility index (Phi) is 1.21. The van der Waals surface area contributed by atoms with Crippen LogP contribution in [0.5, 0.6) is 0 Å². The first kappa shape index (κ1) is 6.39. The van der Waals surface area contributed by atoms with E-state index in [0.29, 0.717) is 6.42 Å². The Morgan fingerprint density at radius 3 is 3.36 bits per heavy atom. The molecule has 0 aromatic rings. The lowest BCUT2D eigenvalue weighted by atomic mass is 10.2. The summed E-state index contributed by atoms with van der Waals surface area (Å²) >= 11 is 0. The molecular formula is C7H9N3O. The summed E-state index contributed by atoms with van der Waals surface area (Å²) in [6.07, 6.45) is 5.66. The Labute approximate surface area is 64.8 Å². The van der Waals surface area contributed by atoms with Gasteiger partial charge < -0.3 is 4.90 Å². The summed E-state index contributed by atoms with van der Waals surface area (Å²) in [5.74, 6) is 0.170. The van der Waals surface area contributed by atoms with Crippen LogP contribution in [0.3, 0.4) is 0 Å². The molecule has 0 fully saturated rings. The molecule has 0 amide bonds. The summed E-state index contributed by atoms with van der Waals surface area (Å²) in [4.78, 5) is 12.9. The van der Waals surface area contributed by atoms with Gasteiger partial charge >= 0.3 is 0 Å². The van der Waals surface area contributed by atoms with Gasteiger partial charge in [-0.25, -0.2) is 5.01 Å². The molecule has 0 spiro atoms. The number of nitrogens with zero attached hydrogens (tertiary/aromatic N) is 3. The first-order valence-corrected chi connectivity index (χ1v) is 3.53. The molecule has 0 saturated heterocycles. The lowest BCUT2D eigenvalue weighted by Crippen LogP contribution is -2.38. The molecule has 0 bridgehead atoms. The third kappa shape index (κ3) is 0.906. The van der Waals surface area contributed by atoms with Crippen LogP contribution >= 0.6 is 0 Å². The number of hydrogen-bond acceptors (Lipinski definition) is 4. The molecule has 0 aromatic heterocycles. The fourth-order valence-electron chi connectivity index (χ4n) is 1.26. The van der Waals surface area contributed by atoms with E-state index in [1.54, 1.807) is 23.6 Å². The van der Waals surface area contributed by atoms with Gasteiger partial charge in [0.15, 0.2) is 5.78 Å².